The number of aromatic nitrogens is 2. The highest BCUT2D eigenvalue weighted by atomic mass is 16.7. The van der Waals surface area contributed by atoms with Gasteiger partial charge in [-0.25, -0.2) is 9.78 Å². The first-order chi connectivity index (χ1) is 18.0. The molecule has 0 aliphatic heterocycles. The molecule has 0 spiro atoms. The highest BCUT2D eigenvalue weighted by Crippen LogP contribution is 2.27. The van der Waals surface area contributed by atoms with Crippen molar-refractivity contribution >= 4 is 22.9 Å². The van der Waals surface area contributed by atoms with E-state index >= 15 is 0 Å². The predicted molar refractivity (Wildman–Crippen MR) is 144 cm³/mol. The summed E-state index contributed by atoms with van der Waals surface area (Å²) in [5, 5.41) is 0. The van der Waals surface area contributed by atoms with E-state index in [1.807, 2.05) is 60.7 Å². The van der Waals surface area contributed by atoms with Gasteiger partial charge in [-0.3, -0.25) is 4.79 Å². The van der Waals surface area contributed by atoms with Crippen LogP contribution in [0.1, 0.15) is 39.3 Å². The van der Waals surface area contributed by atoms with Crippen LogP contribution in [0.4, 0.5) is 0 Å². The van der Waals surface area contributed by atoms with Gasteiger partial charge in [0.2, 0.25) is 0 Å². The first kappa shape index (κ1) is 24.0. The number of fused-ring (bicyclic) bond motifs is 1. The molecule has 1 amide bonds. The number of amides is 1. The smallest absolute Gasteiger partial charge is 0.332 e. The van der Waals surface area contributed by atoms with Gasteiger partial charge in [0, 0.05) is 12.0 Å². The van der Waals surface area contributed by atoms with E-state index in [0.717, 1.165) is 39.1 Å². The molecule has 0 fully saturated rings. The number of hydrogen-bond acceptors (Lipinski definition) is 4. The van der Waals surface area contributed by atoms with Crippen LogP contribution < -0.4 is 5.48 Å². The quantitative estimate of drug-likeness (QED) is 0.277. The van der Waals surface area contributed by atoms with E-state index in [1.54, 1.807) is 12.1 Å². The molecule has 1 heterocycles. The molecule has 5 aromatic rings. The first-order valence-electron chi connectivity index (χ1n) is 12.2. The molecule has 0 atom stereocenters. The number of hydrogen-bond donors (Lipinski definition) is 2. The third-order valence-corrected chi connectivity index (χ3v) is 6.24. The van der Waals surface area contributed by atoms with Crippen LogP contribution >= 0.6 is 0 Å². The van der Waals surface area contributed by atoms with E-state index in [0.29, 0.717) is 18.4 Å². The molecular formula is C31H27N3O3. The molecule has 6 heteroatoms. The van der Waals surface area contributed by atoms with Crippen molar-refractivity contribution in [1.82, 2.24) is 15.4 Å². The van der Waals surface area contributed by atoms with Gasteiger partial charge in [0.25, 0.3) is 5.91 Å². The van der Waals surface area contributed by atoms with Crippen LogP contribution in [0.5, 0.6) is 0 Å². The van der Waals surface area contributed by atoms with Crippen molar-refractivity contribution in [2.45, 2.75) is 26.2 Å². The van der Waals surface area contributed by atoms with Crippen LogP contribution in [-0.2, 0) is 22.5 Å². The van der Waals surface area contributed by atoms with E-state index in [4.69, 9.17) is 9.82 Å². The Morgan fingerprint density at radius 1 is 0.865 bits per heavy atom. The van der Waals surface area contributed by atoms with E-state index in [-0.39, 0.29) is 6.42 Å². The average Bonchev–Trinajstić information content (AvgIpc) is 3.32. The molecule has 0 bridgehead atoms. The molecule has 5 rings (SSSR count). The van der Waals surface area contributed by atoms with Gasteiger partial charge in [-0.1, -0.05) is 72.8 Å². The van der Waals surface area contributed by atoms with Crippen LogP contribution in [0.2, 0.25) is 0 Å². The minimum Gasteiger partial charge on any atom is -0.342 e. The molecule has 4 aromatic carbocycles. The zero-order chi connectivity index (χ0) is 25.6. The Morgan fingerprint density at radius 3 is 2.38 bits per heavy atom. The Morgan fingerprint density at radius 2 is 1.59 bits per heavy atom. The summed E-state index contributed by atoms with van der Waals surface area (Å²) in [5.41, 5.74) is 9.99. The Kier molecular flexibility index (Phi) is 7.08. The largest absolute Gasteiger partial charge is 0.342 e. The van der Waals surface area contributed by atoms with Crippen molar-refractivity contribution in [3.63, 3.8) is 0 Å². The lowest BCUT2D eigenvalue weighted by atomic mass is 10.00. The number of rotatable bonds is 7. The molecule has 1 aromatic heterocycles. The standard InChI is InChI=1S/C31H27N3O3/c1-21-17-27-28(20-26(21)24-12-6-3-7-13-24)33-29(32-27)19-23-11-8-14-25(18-23)31(36)34-37-30(35)16-15-22-9-4-2-5-10-22/h2-14,17-18,20H,15-16,19H2,1H3,(H,32,33)(H,34,36). The lowest BCUT2D eigenvalue weighted by molar-refractivity contribution is -0.148. The van der Waals surface area contributed by atoms with Crippen LogP contribution in [0, 0.1) is 6.92 Å². The van der Waals surface area contributed by atoms with E-state index in [1.165, 1.54) is 5.56 Å². The number of benzene rings is 4. The maximum atomic E-state index is 12.6. The van der Waals surface area contributed by atoms with Crippen LogP contribution in [0.3, 0.4) is 0 Å². The molecule has 37 heavy (non-hydrogen) atoms. The number of carbonyl (C=O) groups is 2. The van der Waals surface area contributed by atoms with Gasteiger partial charge >= 0.3 is 5.97 Å². The van der Waals surface area contributed by atoms with Gasteiger partial charge in [0.15, 0.2) is 0 Å². The van der Waals surface area contributed by atoms with Crippen LogP contribution in [0.25, 0.3) is 22.2 Å². The number of carbonyl (C=O) groups excluding carboxylic acids is 2. The minimum atomic E-state index is -0.485. The third-order valence-electron chi connectivity index (χ3n) is 6.24. The Hall–Kier alpha value is -4.71. The molecule has 0 radical (unpaired) electrons. The van der Waals surface area contributed by atoms with Gasteiger partial charge in [0.05, 0.1) is 17.5 Å². The maximum absolute atomic E-state index is 12.6. The minimum absolute atomic E-state index is 0.182. The summed E-state index contributed by atoms with van der Waals surface area (Å²) < 4.78 is 0. The van der Waals surface area contributed by atoms with Crippen molar-refractivity contribution in [2.75, 3.05) is 0 Å². The molecule has 0 saturated heterocycles. The average molecular weight is 490 g/mol. The molecule has 0 unspecified atom stereocenters. The second-order valence-corrected chi connectivity index (χ2v) is 9.00. The number of imidazole rings is 1. The topological polar surface area (TPSA) is 84.1 Å². The third kappa shape index (κ3) is 5.93. The summed E-state index contributed by atoms with van der Waals surface area (Å²) in [4.78, 5) is 37.8. The molecule has 2 N–H and O–H groups in total. The molecular weight excluding hydrogens is 462 g/mol. The van der Waals surface area contributed by atoms with Crippen LogP contribution in [-0.4, -0.2) is 21.8 Å². The van der Waals surface area contributed by atoms with Gasteiger partial charge in [-0.05, 0) is 65.4 Å². The van der Waals surface area contributed by atoms with Crippen LogP contribution in [0.15, 0.2) is 97.1 Å². The number of H-pyrrole nitrogens is 1. The fraction of sp³-hybridized carbons (Fsp3) is 0.129. The van der Waals surface area contributed by atoms with Crippen molar-refractivity contribution in [1.29, 1.82) is 0 Å². The Bertz CT molecular complexity index is 1540. The van der Waals surface area contributed by atoms with Gasteiger partial charge in [-0.15, -0.1) is 0 Å². The number of aryl methyl sites for hydroxylation is 2. The van der Waals surface area contributed by atoms with E-state index in [2.05, 4.69) is 41.7 Å². The lowest BCUT2D eigenvalue weighted by Crippen LogP contribution is -2.27. The maximum Gasteiger partial charge on any atom is 0.332 e. The predicted octanol–water partition coefficient (Wildman–Crippen LogP) is 5.95. The molecule has 0 saturated carbocycles. The summed E-state index contributed by atoms with van der Waals surface area (Å²) in [5.74, 6) is -0.145. The van der Waals surface area contributed by atoms with E-state index < -0.39 is 11.9 Å². The summed E-state index contributed by atoms with van der Waals surface area (Å²) in [6, 6.07) is 31.4. The fourth-order valence-corrected chi connectivity index (χ4v) is 4.35. The number of hydroxylamine groups is 1. The lowest BCUT2D eigenvalue weighted by Gasteiger charge is -2.07. The monoisotopic (exact) mass is 489 g/mol. The second-order valence-electron chi connectivity index (χ2n) is 9.00. The number of nitrogens with one attached hydrogen (secondary N) is 2. The number of nitrogens with zero attached hydrogens (tertiary/aromatic N) is 1. The zero-order valence-electron chi connectivity index (χ0n) is 20.5. The Balaban J connectivity index is 1.22. The zero-order valence-corrected chi connectivity index (χ0v) is 20.5. The molecule has 184 valence electrons. The number of aromatic amines is 1. The Labute approximate surface area is 215 Å². The summed E-state index contributed by atoms with van der Waals surface area (Å²) >= 11 is 0. The highest BCUT2D eigenvalue weighted by molar-refractivity contribution is 5.94. The summed E-state index contributed by atoms with van der Waals surface area (Å²) in [7, 11) is 0. The van der Waals surface area contributed by atoms with Crippen molar-refractivity contribution in [3.05, 3.63) is 125 Å². The molecule has 0 aliphatic carbocycles. The van der Waals surface area contributed by atoms with Crippen molar-refractivity contribution < 1.29 is 14.4 Å². The summed E-state index contributed by atoms with van der Waals surface area (Å²) in [6.45, 7) is 2.10. The molecule has 0 aliphatic rings. The first-order valence-corrected chi connectivity index (χ1v) is 12.2. The normalized spacial score (nSPS) is 10.8. The highest BCUT2D eigenvalue weighted by Gasteiger charge is 2.12. The SMILES string of the molecule is Cc1cc2[nH]c(Cc3cccc(C(=O)NOC(=O)CCc4ccccc4)c3)nc2cc1-c1ccccc1. The van der Waals surface area contributed by atoms with Gasteiger partial charge < -0.3 is 9.82 Å². The van der Waals surface area contributed by atoms with Gasteiger partial charge in [0.1, 0.15) is 5.82 Å². The van der Waals surface area contributed by atoms with E-state index in [9.17, 15) is 9.59 Å². The fourth-order valence-electron chi connectivity index (χ4n) is 4.35. The van der Waals surface area contributed by atoms with Gasteiger partial charge in [-0.2, -0.15) is 5.48 Å². The second kappa shape index (κ2) is 10.9. The summed E-state index contributed by atoms with van der Waals surface area (Å²) in [6.07, 6.45) is 1.27. The molecule has 6 nitrogen and oxygen atoms in total. The van der Waals surface area contributed by atoms with Crippen molar-refractivity contribution in [3.8, 4) is 11.1 Å². The van der Waals surface area contributed by atoms with Crippen molar-refractivity contribution in [2.24, 2.45) is 0 Å².